The van der Waals surface area contributed by atoms with Crippen molar-refractivity contribution in [1.29, 1.82) is 0 Å². The second kappa shape index (κ2) is 9.26. The van der Waals surface area contributed by atoms with Gasteiger partial charge in [-0.3, -0.25) is 4.79 Å². The number of unbranched alkanes of at least 4 members (excludes halogenated alkanes) is 2. The van der Waals surface area contributed by atoms with Gasteiger partial charge in [0.2, 0.25) is 5.91 Å². The minimum Gasteiger partial charge on any atom is -0.366 e. The molecule has 0 aromatic heterocycles. The van der Waals surface area contributed by atoms with E-state index >= 15 is 0 Å². The summed E-state index contributed by atoms with van der Waals surface area (Å²) in [6.45, 7) is 4.85. The first-order valence-corrected chi connectivity index (χ1v) is 11.4. The van der Waals surface area contributed by atoms with Crippen LogP contribution in [-0.4, -0.2) is 5.91 Å². The second-order valence-electron chi connectivity index (χ2n) is 9.70. The highest BCUT2D eigenvalue weighted by atomic mass is 16.1. The molecule has 1 aromatic carbocycles. The van der Waals surface area contributed by atoms with Crippen LogP contribution in [0.15, 0.2) is 24.3 Å². The molecule has 1 aromatic rings. The summed E-state index contributed by atoms with van der Waals surface area (Å²) in [7, 11) is 0. The zero-order valence-electron chi connectivity index (χ0n) is 17.5. The Hall–Kier alpha value is -1.31. The number of nitrogens with two attached hydrogens (primary N) is 1. The molecule has 2 heteroatoms. The monoisotopic (exact) mass is 369 g/mol. The normalized spacial score (nSPS) is 31.6. The summed E-state index contributed by atoms with van der Waals surface area (Å²) in [6, 6.07) is 8.02. The average molecular weight is 370 g/mol. The summed E-state index contributed by atoms with van der Waals surface area (Å²) in [4.78, 5) is 11.2. The van der Waals surface area contributed by atoms with Gasteiger partial charge in [0.25, 0.3) is 0 Å². The summed E-state index contributed by atoms with van der Waals surface area (Å²) in [5.41, 5.74) is 8.00. The highest BCUT2D eigenvalue weighted by molar-refractivity contribution is 5.92. The minimum absolute atomic E-state index is 0.329. The van der Waals surface area contributed by atoms with Gasteiger partial charge < -0.3 is 5.73 Å². The van der Waals surface area contributed by atoms with E-state index < -0.39 is 0 Å². The number of benzene rings is 1. The van der Waals surface area contributed by atoms with Crippen molar-refractivity contribution in [2.45, 2.75) is 96.8 Å². The Labute approximate surface area is 166 Å². The molecule has 3 rings (SSSR count). The molecule has 0 spiro atoms. The van der Waals surface area contributed by atoms with Crippen LogP contribution in [-0.2, 0) is 0 Å². The lowest BCUT2D eigenvalue weighted by atomic mass is 9.63. The minimum atomic E-state index is -0.329. The van der Waals surface area contributed by atoms with Gasteiger partial charge in [-0.2, -0.15) is 0 Å². The Morgan fingerprint density at radius 3 is 2.11 bits per heavy atom. The van der Waals surface area contributed by atoms with Crippen molar-refractivity contribution >= 4 is 5.91 Å². The molecule has 2 aliphatic rings. The smallest absolute Gasteiger partial charge is 0.248 e. The highest BCUT2D eigenvalue weighted by Crippen LogP contribution is 2.48. The molecule has 0 aliphatic heterocycles. The van der Waals surface area contributed by atoms with Crippen LogP contribution in [0.1, 0.15) is 113 Å². The van der Waals surface area contributed by atoms with E-state index in [0.29, 0.717) is 16.9 Å². The zero-order valence-corrected chi connectivity index (χ0v) is 17.5. The third-order valence-corrected chi connectivity index (χ3v) is 7.73. The number of carbonyl (C=O) groups excluding carboxylic acids is 1. The van der Waals surface area contributed by atoms with E-state index in [1.807, 2.05) is 12.1 Å². The number of amides is 1. The lowest BCUT2D eigenvalue weighted by Gasteiger charge is -2.42. The fourth-order valence-electron chi connectivity index (χ4n) is 5.70. The van der Waals surface area contributed by atoms with Crippen molar-refractivity contribution in [3.8, 4) is 0 Å². The molecule has 2 nitrogen and oxygen atoms in total. The summed E-state index contributed by atoms with van der Waals surface area (Å²) < 4.78 is 0. The zero-order chi connectivity index (χ0) is 19.3. The maximum absolute atomic E-state index is 11.2. The van der Waals surface area contributed by atoms with Gasteiger partial charge in [-0.15, -0.1) is 0 Å². The van der Waals surface area contributed by atoms with E-state index in [1.54, 1.807) is 0 Å². The number of hydrogen-bond donors (Lipinski definition) is 1. The van der Waals surface area contributed by atoms with Crippen LogP contribution in [0.4, 0.5) is 0 Å². The molecule has 0 radical (unpaired) electrons. The van der Waals surface area contributed by atoms with E-state index in [2.05, 4.69) is 26.0 Å². The molecule has 0 atom stereocenters. The number of rotatable bonds is 7. The van der Waals surface area contributed by atoms with Crippen LogP contribution < -0.4 is 5.73 Å². The van der Waals surface area contributed by atoms with Crippen molar-refractivity contribution in [3.63, 3.8) is 0 Å². The maximum atomic E-state index is 11.2. The molecule has 2 saturated carbocycles. The summed E-state index contributed by atoms with van der Waals surface area (Å²) in [5, 5.41) is 0. The summed E-state index contributed by atoms with van der Waals surface area (Å²) in [5.74, 6) is 2.27. The number of primary amides is 1. The third kappa shape index (κ3) is 5.36. The molecular weight excluding hydrogens is 330 g/mol. The first-order chi connectivity index (χ1) is 13.0. The first kappa shape index (κ1) is 20.4. The molecule has 2 N–H and O–H groups in total. The van der Waals surface area contributed by atoms with E-state index in [1.165, 1.54) is 82.6 Å². The van der Waals surface area contributed by atoms with Gasteiger partial charge in [-0.05, 0) is 98.7 Å². The van der Waals surface area contributed by atoms with Crippen molar-refractivity contribution in [2.24, 2.45) is 23.0 Å². The van der Waals surface area contributed by atoms with Gasteiger partial charge in [0.1, 0.15) is 0 Å². The first-order valence-electron chi connectivity index (χ1n) is 11.4. The Morgan fingerprint density at radius 2 is 1.56 bits per heavy atom. The SMILES string of the molecule is CCCCCC1(C)CCC(C2CCC(c3ccc(C(N)=O)cc3)CC2)CC1. The predicted octanol–water partition coefficient (Wildman–Crippen LogP) is 6.84. The lowest BCUT2D eigenvalue weighted by Crippen LogP contribution is -2.30. The van der Waals surface area contributed by atoms with Crippen molar-refractivity contribution in [2.75, 3.05) is 0 Å². The third-order valence-electron chi connectivity index (χ3n) is 7.73. The molecule has 27 heavy (non-hydrogen) atoms. The molecule has 0 heterocycles. The Kier molecular flexibility index (Phi) is 7.00. The number of carbonyl (C=O) groups is 1. The molecule has 1 amide bonds. The fraction of sp³-hybridized carbons (Fsp3) is 0.720. The molecule has 2 aliphatic carbocycles. The summed E-state index contributed by atoms with van der Waals surface area (Å²) >= 11 is 0. The van der Waals surface area contributed by atoms with E-state index in [-0.39, 0.29) is 5.91 Å². The van der Waals surface area contributed by atoms with E-state index in [4.69, 9.17) is 5.73 Å². The standard InChI is InChI=1S/C25H39NO/c1-3-4-5-16-25(2)17-14-22(15-18-25)21-8-6-19(7-9-21)20-10-12-23(13-11-20)24(26)27/h10-13,19,21-22H,3-9,14-18H2,1-2H3,(H2,26,27). The molecule has 0 unspecified atom stereocenters. The topological polar surface area (TPSA) is 43.1 Å². The predicted molar refractivity (Wildman–Crippen MR) is 114 cm³/mol. The number of hydrogen-bond acceptors (Lipinski definition) is 1. The van der Waals surface area contributed by atoms with Crippen LogP contribution in [0.2, 0.25) is 0 Å². The van der Waals surface area contributed by atoms with Crippen LogP contribution in [0.3, 0.4) is 0 Å². The van der Waals surface area contributed by atoms with Crippen LogP contribution in [0, 0.1) is 17.3 Å². The van der Waals surface area contributed by atoms with Crippen LogP contribution in [0.5, 0.6) is 0 Å². The Balaban J connectivity index is 1.45. The molecule has 0 saturated heterocycles. The van der Waals surface area contributed by atoms with E-state index in [0.717, 1.165) is 11.8 Å². The average Bonchev–Trinajstić information content (AvgIpc) is 2.69. The molecule has 150 valence electrons. The van der Waals surface area contributed by atoms with Gasteiger partial charge in [0.15, 0.2) is 0 Å². The fourth-order valence-corrected chi connectivity index (χ4v) is 5.70. The molecule has 2 fully saturated rings. The second-order valence-corrected chi connectivity index (χ2v) is 9.70. The van der Waals surface area contributed by atoms with Crippen molar-refractivity contribution in [3.05, 3.63) is 35.4 Å². The maximum Gasteiger partial charge on any atom is 0.248 e. The van der Waals surface area contributed by atoms with Crippen molar-refractivity contribution in [1.82, 2.24) is 0 Å². The van der Waals surface area contributed by atoms with Crippen molar-refractivity contribution < 1.29 is 4.79 Å². The van der Waals surface area contributed by atoms with Crippen LogP contribution in [0.25, 0.3) is 0 Å². The lowest BCUT2D eigenvalue weighted by molar-refractivity contribution is 0.1000. The quantitative estimate of drug-likeness (QED) is 0.525. The molecular formula is C25H39NO. The largest absolute Gasteiger partial charge is 0.366 e. The van der Waals surface area contributed by atoms with Gasteiger partial charge in [0.05, 0.1) is 0 Å². The Morgan fingerprint density at radius 1 is 0.963 bits per heavy atom. The van der Waals surface area contributed by atoms with Gasteiger partial charge >= 0.3 is 0 Å². The Bertz CT molecular complexity index is 589. The van der Waals surface area contributed by atoms with E-state index in [9.17, 15) is 4.79 Å². The molecule has 0 bridgehead atoms. The van der Waals surface area contributed by atoms with Crippen LogP contribution >= 0.6 is 0 Å². The highest BCUT2D eigenvalue weighted by Gasteiger charge is 2.35. The summed E-state index contributed by atoms with van der Waals surface area (Å²) in [6.07, 6.45) is 16.9. The van der Waals surface area contributed by atoms with Gasteiger partial charge in [-0.1, -0.05) is 45.2 Å². The van der Waals surface area contributed by atoms with Gasteiger partial charge in [0, 0.05) is 5.56 Å². The van der Waals surface area contributed by atoms with Gasteiger partial charge in [-0.25, -0.2) is 0 Å².